The summed E-state index contributed by atoms with van der Waals surface area (Å²) in [6.07, 6.45) is 0.869. The standard InChI is InChI=1S/C12H20N6O3/c1-4-6-14-12-15-8(3)10(18(20)21)11(16-12)17(5-2)7-9(13)19/h4-7H2,1-3H3,(H2,13,19)(H,14,15,16). The molecule has 3 N–H and O–H groups in total. The van der Waals surface area contributed by atoms with Crippen molar-refractivity contribution in [2.24, 2.45) is 5.73 Å². The van der Waals surface area contributed by atoms with Gasteiger partial charge in [0.1, 0.15) is 5.69 Å². The lowest BCUT2D eigenvalue weighted by atomic mass is 10.3. The average molecular weight is 296 g/mol. The van der Waals surface area contributed by atoms with Gasteiger partial charge in [-0.1, -0.05) is 6.92 Å². The first-order chi connectivity index (χ1) is 9.90. The molecule has 0 fully saturated rings. The van der Waals surface area contributed by atoms with E-state index in [0.29, 0.717) is 19.0 Å². The number of hydrogen-bond donors (Lipinski definition) is 2. The number of nitrogens with one attached hydrogen (secondary N) is 1. The van der Waals surface area contributed by atoms with Crippen molar-refractivity contribution in [3.63, 3.8) is 0 Å². The molecule has 1 aromatic heterocycles. The van der Waals surface area contributed by atoms with E-state index in [9.17, 15) is 14.9 Å². The van der Waals surface area contributed by atoms with Crippen LogP contribution in [-0.4, -0.2) is 40.4 Å². The van der Waals surface area contributed by atoms with Crippen LogP contribution in [0.1, 0.15) is 26.0 Å². The number of anilines is 2. The minimum atomic E-state index is -0.578. The second kappa shape index (κ2) is 7.36. The van der Waals surface area contributed by atoms with Gasteiger partial charge in [-0.15, -0.1) is 0 Å². The molecule has 0 saturated heterocycles. The highest BCUT2D eigenvalue weighted by Gasteiger charge is 2.26. The molecule has 0 bridgehead atoms. The van der Waals surface area contributed by atoms with E-state index in [0.717, 1.165) is 6.42 Å². The van der Waals surface area contributed by atoms with Gasteiger partial charge >= 0.3 is 5.69 Å². The maximum atomic E-state index is 11.2. The van der Waals surface area contributed by atoms with Gasteiger partial charge in [0.25, 0.3) is 0 Å². The Kier molecular flexibility index (Phi) is 5.82. The van der Waals surface area contributed by atoms with Crippen LogP contribution in [-0.2, 0) is 4.79 Å². The molecule has 0 atom stereocenters. The van der Waals surface area contributed by atoms with Gasteiger partial charge < -0.3 is 16.0 Å². The Hall–Kier alpha value is -2.45. The number of aromatic nitrogens is 2. The largest absolute Gasteiger partial charge is 0.368 e. The van der Waals surface area contributed by atoms with E-state index in [-0.39, 0.29) is 23.7 Å². The van der Waals surface area contributed by atoms with Gasteiger partial charge in [0.15, 0.2) is 0 Å². The predicted octanol–water partition coefficient (Wildman–Crippen LogP) is 0.827. The molecule has 9 nitrogen and oxygen atoms in total. The molecule has 0 aliphatic rings. The molecule has 0 radical (unpaired) electrons. The minimum Gasteiger partial charge on any atom is -0.368 e. The number of primary amides is 1. The topological polar surface area (TPSA) is 127 Å². The first kappa shape index (κ1) is 16.6. The number of nitrogens with zero attached hydrogens (tertiary/aromatic N) is 4. The zero-order chi connectivity index (χ0) is 16.0. The van der Waals surface area contributed by atoms with Crippen LogP contribution in [0.4, 0.5) is 17.5 Å². The molecule has 1 amide bonds. The van der Waals surface area contributed by atoms with Crippen molar-refractivity contribution in [3.8, 4) is 0 Å². The third kappa shape index (κ3) is 4.26. The summed E-state index contributed by atoms with van der Waals surface area (Å²) >= 11 is 0. The lowest BCUT2D eigenvalue weighted by Crippen LogP contribution is -2.35. The number of likely N-dealkylation sites (N-methyl/N-ethyl adjacent to an activating group) is 1. The van der Waals surface area contributed by atoms with Crippen LogP contribution in [0, 0.1) is 17.0 Å². The van der Waals surface area contributed by atoms with E-state index in [4.69, 9.17) is 5.73 Å². The van der Waals surface area contributed by atoms with Crippen LogP contribution in [0.2, 0.25) is 0 Å². The molecule has 0 aromatic carbocycles. The molecule has 21 heavy (non-hydrogen) atoms. The third-order valence-electron chi connectivity index (χ3n) is 2.78. The number of aryl methyl sites for hydroxylation is 1. The second-order valence-electron chi connectivity index (χ2n) is 4.47. The highest BCUT2D eigenvalue weighted by Crippen LogP contribution is 2.29. The number of nitro groups is 1. The summed E-state index contributed by atoms with van der Waals surface area (Å²) in [4.78, 5) is 31.5. The Bertz CT molecular complexity index is 534. The molecular weight excluding hydrogens is 276 g/mol. The zero-order valence-corrected chi connectivity index (χ0v) is 12.4. The minimum absolute atomic E-state index is 0.104. The fourth-order valence-electron chi connectivity index (χ4n) is 1.83. The summed E-state index contributed by atoms with van der Waals surface area (Å²) in [5, 5.41) is 14.2. The molecule has 116 valence electrons. The molecule has 0 spiro atoms. The molecule has 0 saturated carbocycles. The number of hydrogen-bond acceptors (Lipinski definition) is 7. The first-order valence-corrected chi connectivity index (χ1v) is 6.70. The van der Waals surface area contributed by atoms with Crippen molar-refractivity contribution in [2.75, 3.05) is 29.9 Å². The average Bonchev–Trinajstić information content (AvgIpc) is 2.41. The van der Waals surface area contributed by atoms with E-state index in [1.807, 2.05) is 6.92 Å². The predicted molar refractivity (Wildman–Crippen MR) is 79.3 cm³/mol. The van der Waals surface area contributed by atoms with Crippen LogP contribution >= 0.6 is 0 Å². The second-order valence-corrected chi connectivity index (χ2v) is 4.47. The van der Waals surface area contributed by atoms with Crippen molar-refractivity contribution >= 4 is 23.4 Å². The summed E-state index contributed by atoms with van der Waals surface area (Å²) in [6.45, 7) is 6.17. The van der Waals surface area contributed by atoms with Gasteiger partial charge in [0.2, 0.25) is 17.7 Å². The number of nitrogens with two attached hydrogens (primary N) is 1. The number of amides is 1. The first-order valence-electron chi connectivity index (χ1n) is 6.70. The number of carbonyl (C=O) groups excluding carboxylic acids is 1. The Balaban J connectivity index is 3.31. The van der Waals surface area contributed by atoms with Gasteiger partial charge in [-0.3, -0.25) is 14.9 Å². The quantitative estimate of drug-likeness (QED) is 0.537. The molecular formula is C12H20N6O3. The normalized spacial score (nSPS) is 10.2. The molecule has 0 aliphatic carbocycles. The van der Waals surface area contributed by atoms with Crippen molar-refractivity contribution in [3.05, 3.63) is 15.8 Å². The highest BCUT2D eigenvalue weighted by atomic mass is 16.6. The van der Waals surface area contributed by atoms with Crippen molar-refractivity contribution in [2.45, 2.75) is 27.2 Å². The molecule has 0 aliphatic heterocycles. The summed E-state index contributed by atoms with van der Waals surface area (Å²) in [7, 11) is 0. The van der Waals surface area contributed by atoms with E-state index in [1.165, 1.54) is 4.90 Å². The van der Waals surface area contributed by atoms with E-state index in [2.05, 4.69) is 15.3 Å². The van der Waals surface area contributed by atoms with Gasteiger partial charge in [-0.05, 0) is 20.3 Å². The van der Waals surface area contributed by atoms with E-state index in [1.54, 1.807) is 13.8 Å². The van der Waals surface area contributed by atoms with Crippen molar-refractivity contribution in [1.82, 2.24) is 9.97 Å². The number of rotatable bonds is 8. The zero-order valence-electron chi connectivity index (χ0n) is 12.4. The fourth-order valence-corrected chi connectivity index (χ4v) is 1.83. The van der Waals surface area contributed by atoms with Crippen LogP contribution in [0.25, 0.3) is 0 Å². The summed E-state index contributed by atoms with van der Waals surface area (Å²) in [5.41, 5.74) is 5.21. The fraction of sp³-hybridized carbons (Fsp3) is 0.583. The lowest BCUT2D eigenvalue weighted by molar-refractivity contribution is -0.385. The summed E-state index contributed by atoms with van der Waals surface area (Å²) < 4.78 is 0. The molecule has 1 rings (SSSR count). The van der Waals surface area contributed by atoms with E-state index >= 15 is 0 Å². The molecule has 9 heteroatoms. The van der Waals surface area contributed by atoms with Gasteiger partial charge in [0.05, 0.1) is 11.5 Å². The van der Waals surface area contributed by atoms with Crippen LogP contribution in [0.15, 0.2) is 0 Å². The summed E-state index contributed by atoms with van der Waals surface area (Å²) in [5.74, 6) is -0.171. The molecule has 1 heterocycles. The van der Waals surface area contributed by atoms with Gasteiger partial charge in [0, 0.05) is 13.1 Å². The van der Waals surface area contributed by atoms with E-state index < -0.39 is 10.8 Å². The monoisotopic (exact) mass is 296 g/mol. The van der Waals surface area contributed by atoms with Crippen molar-refractivity contribution < 1.29 is 9.72 Å². The lowest BCUT2D eigenvalue weighted by Gasteiger charge is -2.21. The Labute approximate surface area is 122 Å². The number of carbonyl (C=O) groups is 1. The highest BCUT2D eigenvalue weighted by molar-refractivity contribution is 5.80. The van der Waals surface area contributed by atoms with Crippen LogP contribution < -0.4 is 16.0 Å². The smallest absolute Gasteiger partial charge is 0.332 e. The van der Waals surface area contributed by atoms with Crippen molar-refractivity contribution in [1.29, 1.82) is 0 Å². The molecule has 0 unspecified atom stereocenters. The maximum Gasteiger partial charge on any atom is 0.332 e. The SMILES string of the molecule is CCCNc1nc(C)c([N+](=O)[O-])c(N(CC)CC(N)=O)n1. The Morgan fingerprint density at radius 3 is 2.57 bits per heavy atom. The Morgan fingerprint density at radius 1 is 1.43 bits per heavy atom. The molecule has 1 aromatic rings. The van der Waals surface area contributed by atoms with Gasteiger partial charge in [-0.2, -0.15) is 4.98 Å². The Morgan fingerprint density at radius 2 is 2.10 bits per heavy atom. The van der Waals surface area contributed by atoms with Crippen LogP contribution in [0.3, 0.4) is 0 Å². The van der Waals surface area contributed by atoms with Crippen LogP contribution in [0.5, 0.6) is 0 Å². The van der Waals surface area contributed by atoms with Gasteiger partial charge in [-0.25, -0.2) is 4.98 Å². The summed E-state index contributed by atoms with van der Waals surface area (Å²) in [6, 6.07) is 0. The third-order valence-corrected chi connectivity index (χ3v) is 2.78. The maximum absolute atomic E-state index is 11.2.